The van der Waals surface area contributed by atoms with Gasteiger partial charge in [-0.15, -0.1) is 0 Å². The standard InChI is InChI=1S/C31H36Cl2N8O4/c1-6-26(42)37-21-14-19(40-12-13-41(7-2)31(17-40)10-11-31)8-9-20(21)36-24-16-25(35-18-34-24)39(3)30(43)38-29-27(32)22(44-4)15-23(45-5)28(29)33/h6,8-9,14-16,18H,1,7,10-13,17H2,2-5H3,(H,37,42)(H,38,43)(H,34,35,36). The van der Waals surface area contributed by atoms with Crippen LogP contribution in [0.1, 0.15) is 19.8 Å². The number of nitrogens with one attached hydrogen (secondary N) is 3. The molecule has 1 saturated heterocycles. The number of carbonyl (C=O) groups excluding carboxylic acids is 2. The summed E-state index contributed by atoms with van der Waals surface area (Å²) in [4.78, 5) is 40.4. The zero-order valence-corrected chi connectivity index (χ0v) is 27.1. The Morgan fingerprint density at radius 3 is 2.38 bits per heavy atom. The van der Waals surface area contributed by atoms with Crippen molar-refractivity contribution in [3.63, 3.8) is 0 Å². The van der Waals surface area contributed by atoms with Crippen LogP contribution in [0.3, 0.4) is 0 Å². The third-order valence-corrected chi connectivity index (χ3v) is 8.94. The highest BCUT2D eigenvalue weighted by atomic mass is 35.5. The van der Waals surface area contributed by atoms with Crippen LogP contribution < -0.4 is 35.2 Å². The molecule has 5 rings (SSSR count). The Bertz CT molecular complexity index is 1590. The number of benzene rings is 2. The molecule has 0 atom stereocenters. The number of piperazine rings is 1. The minimum absolute atomic E-state index is 0.118. The number of urea groups is 1. The average molecular weight is 656 g/mol. The van der Waals surface area contributed by atoms with E-state index in [9.17, 15) is 9.59 Å². The van der Waals surface area contributed by atoms with Gasteiger partial charge in [0.15, 0.2) is 0 Å². The Morgan fingerprint density at radius 2 is 1.76 bits per heavy atom. The molecule has 45 heavy (non-hydrogen) atoms. The monoisotopic (exact) mass is 654 g/mol. The molecule has 0 unspecified atom stereocenters. The number of carbonyl (C=O) groups is 2. The van der Waals surface area contributed by atoms with Crippen molar-refractivity contribution in [3.8, 4) is 11.5 Å². The maximum Gasteiger partial charge on any atom is 0.327 e. The van der Waals surface area contributed by atoms with Crippen LogP contribution >= 0.6 is 23.2 Å². The van der Waals surface area contributed by atoms with Crippen molar-refractivity contribution in [1.82, 2.24) is 14.9 Å². The first-order chi connectivity index (χ1) is 21.6. The van der Waals surface area contributed by atoms with Crippen LogP contribution in [-0.2, 0) is 4.79 Å². The van der Waals surface area contributed by atoms with Crippen molar-refractivity contribution in [2.45, 2.75) is 25.3 Å². The molecule has 2 aliphatic rings. The molecule has 2 heterocycles. The van der Waals surface area contributed by atoms with Crippen LogP contribution in [0.15, 0.2) is 49.3 Å². The molecule has 1 spiro atoms. The van der Waals surface area contributed by atoms with Gasteiger partial charge >= 0.3 is 6.03 Å². The number of likely N-dealkylation sites (N-methyl/N-ethyl adjacent to an activating group) is 1. The summed E-state index contributed by atoms with van der Waals surface area (Å²) in [7, 11) is 4.43. The van der Waals surface area contributed by atoms with E-state index in [-0.39, 0.29) is 44.5 Å². The molecule has 1 aromatic heterocycles. The smallest absolute Gasteiger partial charge is 0.327 e. The van der Waals surface area contributed by atoms with Gasteiger partial charge in [-0.25, -0.2) is 14.8 Å². The summed E-state index contributed by atoms with van der Waals surface area (Å²) in [6, 6.07) is 8.44. The van der Waals surface area contributed by atoms with Gasteiger partial charge in [-0.1, -0.05) is 36.7 Å². The Labute approximate surface area is 272 Å². The molecule has 2 aromatic carbocycles. The predicted molar refractivity (Wildman–Crippen MR) is 179 cm³/mol. The molecule has 3 aromatic rings. The highest BCUT2D eigenvalue weighted by Gasteiger charge is 2.50. The third-order valence-electron chi connectivity index (χ3n) is 8.19. The summed E-state index contributed by atoms with van der Waals surface area (Å²) in [5.74, 6) is 0.907. The lowest BCUT2D eigenvalue weighted by Crippen LogP contribution is -2.54. The normalized spacial score (nSPS) is 15.3. The molecule has 1 saturated carbocycles. The molecule has 2 fully saturated rings. The van der Waals surface area contributed by atoms with Gasteiger partial charge in [0.2, 0.25) is 5.91 Å². The van der Waals surface area contributed by atoms with Gasteiger partial charge in [0.05, 0.1) is 31.3 Å². The number of nitrogens with zero attached hydrogens (tertiary/aromatic N) is 5. The van der Waals surface area contributed by atoms with E-state index in [1.165, 1.54) is 57.5 Å². The van der Waals surface area contributed by atoms with Gasteiger partial charge in [0.1, 0.15) is 39.5 Å². The summed E-state index contributed by atoms with van der Waals surface area (Å²) in [5.41, 5.74) is 2.58. The highest BCUT2D eigenvalue weighted by molar-refractivity contribution is 6.41. The minimum Gasteiger partial charge on any atom is -0.495 e. The second-order valence-electron chi connectivity index (χ2n) is 10.8. The quantitative estimate of drug-likeness (QED) is 0.225. The lowest BCUT2D eigenvalue weighted by Gasteiger charge is -2.43. The number of amides is 3. The van der Waals surface area contributed by atoms with Crippen LogP contribution in [0.5, 0.6) is 11.5 Å². The largest absolute Gasteiger partial charge is 0.495 e. The first kappa shape index (κ1) is 32.1. The predicted octanol–water partition coefficient (Wildman–Crippen LogP) is 6.01. The number of rotatable bonds is 10. The highest BCUT2D eigenvalue weighted by Crippen LogP contribution is 2.46. The molecule has 14 heteroatoms. The lowest BCUT2D eigenvalue weighted by atomic mass is 10.1. The van der Waals surface area contributed by atoms with E-state index in [0.717, 1.165) is 31.9 Å². The average Bonchev–Trinajstić information content (AvgIpc) is 3.82. The Morgan fingerprint density at radius 1 is 1.04 bits per heavy atom. The molecule has 1 aliphatic heterocycles. The number of anilines is 6. The van der Waals surface area contributed by atoms with Gasteiger partial charge in [-0.3, -0.25) is 14.6 Å². The van der Waals surface area contributed by atoms with Crippen molar-refractivity contribution in [3.05, 3.63) is 59.4 Å². The molecule has 3 amide bonds. The van der Waals surface area contributed by atoms with Crippen LogP contribution in [0, 0.1) is 0 Å². The van der Waals surface area contributed by atoms with Crippen molar-refractivity contribution >= 4 is 69.5 Å². The molecule has 3 N–H and O–H groups in total. The van der Waals surface area contributed by atoms with E-state index in [0.29, 0.717) is 17.2 Å². The van der Waals surface area contributed by atoms with E-state index in [2.05, 4.69) is 49.2 Å². The van der Waals surface area contributed by atoms with E-state index in [1.807, 2.05) is 18.2 Å². The number of halogens is 2. The van der Waals surface area contributed by atoms with Crippen LogP contribution in [0.25, 0.3) is 0 Å². The maximum absolute atomic E-state index is 13.2. The molecule has 238 valence electrons. The SMILES string of the molecule is C=CC(=O)Nc1cc(N2CCN(CC)C3(CC3)C2)ccc1Nc1cc(N(C)C(=O)Nc2c(Cl)c(OC)cc(OC)c2Cl)ncn1. The van der Waals surface area contributed by atoms with Gasteiger partial charge in [-0.05, 0) is 43.7 Å². The van der Waals surface area contributed by atoms with Crippen LogP contribution in [-0.4, -0.2) is 79.8 Å². The Kier molecular flexibility index (Phi) is 9.56. The Hall–Kier alpha value is -4.26. The molecular formula is C31H36Cl2N8O4. The third kappa shape index (κ3) is 6.73. The number of methoxy groups -OCH3 is 2. The summed E-state index contributed by atoms with van der Waals surface area (Å²) < 4.78 is 10.6. The maximum atomic E-state index is 13.2. The zero-order chi connectivity index (χ0) is 32.3. The van der Waals surface area contributed by atoms with Crippen LogP contribution in [0.2, 0.25) is 10.0 Å². The number of aromatic nitrogens is 2. The fourth-order valence-corrected chi connectivity index (χ4v) is 6.09. The summed E-state index contributed by atoms with van der Waals surface area (Å²) in [6.45, 7) is 9.71. The second kappa shape index (κ2) is 13.4. The van der Waals surface area contributed by atoms with Crippen molar-refractivity contribution < 1.29 is 19.1 Å². The fourth-order valence-electron chi connectivity index (χ4n) is 5.50. The van der Waals surface area contributed by atoms with E-state index in [1.54, 1.807) is 6.07 Å². The van der Waals surface area contributed by atoms with Crippen LogP contribution in [0.4, 0.5) is 39.2 Å². The van der Waals surface area contributed by atoms with E-state index < -0.39 is 6.03 Å². The molecule has 0 radical (unpaired) electrons. The van der Waals surface area contributed by atoms with Gasteiger partial charge in [0, 0.05) is 50.0 Å². The van der Waals surface area contributed by atoms with Crippen molar-refractivity contribution in [2.24, 2.45) is 0 Å². The summed E-state index contributed by atoms with van der Waals surface area (Å²) in [5, 5.41) is 9.10. The minimum atomic E-state index is -0.571. The number of ether oxygens (including phenoxy) is 2. The van der Waals surface area contributed by atoms with Gasteiger partial charge in [0.25, 0.3) is 0 Å². The fraction of sp³-hybridized carbons (Fsp3) is 0.355. The summed E-state index contributed by atoms with van der Waals surface area (Å²) >= 11 is 12.9. The first-order valence-electron chi connectivity index (χ1n) is 14.4. The van der Waals surface area contributed by atoms with Gasteiger partial charge in [-0.2, -0.15) is 0 Å². The van der Waals surface area contributed by atoms with E-state index >= 15 is 0 Å². The van der Waals surface area contributed by atoms with Crippen molar-refractivity contribution in [1.29, 1.82) is 0 Å². The Balaban J connectivity index is 1.36. The number of hydrogen-bond donors (Lipinski definition) is 3. The van der Waals surface area contributed by atoms with Gasteiger partial charge < -0.3 is 30.3 Å². The molecule has 1 aliphatic carbocycles. The molecular weight excluding hydrogens is 619 g/mol. The van der Waals surface area contributed by atoms with Crippen molar-refractivity contribution in [2.75, 3.05) is 73.2 Å². The molecule has 0 bridgehead atoms. The molecule has 12 nitrogen and oxygen atoms in total. The van der Waals surface area contributed by atoms with E-state index in [4.69, 9.17) is 32.7 Å². The zero-order valence-electron chi connectivity index (χ0n) is 25.6. The lowest BCUT2D eigenvalue weighted by molar-refractivity contribution is -0.111. The first-order valence-corrected chi connectivity index (χ1v) is 15.2. The number of hydrogen-bond acceptors (Lipinski definition) is 9. The topological polar surface area (TPSA) is 124 Å². The summed E-state index contributed by atoms with van der Waals surface area (Å²) in [6.07, 6.45) is 4.96. The second-order valence-corrected chi connectivity index (χ2v) is 11.6.